The summed E-state index contributed by atoms with van der Waals surface area (Å²) in [5.41, 5.74) is 0. The monoisotopic (exact) mass is 397 g/mol. The Morgan fingerprint density at radius 2 is 1.19 bits per heavy atom. The van der Waals surface area contributed by atoms with Gasteiger partial charge in [0.2, 0.25) is 0 Å². The molecule has 0 radical (unpaired) electrons. The van der Waals surface area contributed by atoms with Crippen LogP contribution in [0.15, 0.2) is 24.4 Å². The van der Waals surface area contributed by atoms with Gasteiger partial charge in [0.05, 0.1) is 6.61 Å². The summed E-state index contributed by atoms with van der Waals surface area (Å²) in [5, 5.41) is 0. The van der Waals surface area contributed by atoms with Gasteiger partial charge in [-0.1, -0.05) is 109 Å². The average Bonchev–Trinajstić information content (AvgIpc) is 2.68. The molecule has 3 heteroatoms. The zero-order valence-corrected chi connectivity index (χ0v) is 18.6. The van der Waals surface area contributed by atoms with E-state index in [0.29, 0.717) is 0 Å². The van der Waals surface area contributed by atoms with E-state index in [-0.39, 0.29) is 12.4 Å². The second-order valence-electron chi connectivity index (χ2n) is 7.75. The maximum Gasteiger partial charge on any atom is 0.329 e. The first-order valence-electron chi connectivity index (χ1n) is 11.5. The zero-order valence-electron chi connectivity index (χ0n) is 17.8. The summed E-state index contributed by atoms with van der Waals surface area (Å²) in [5.74, 6) is 0. The Kier molecular flexibility index (Phi) is 20.9. The largest absolute Gasteiger partial charge is 1.00 e. The molecule has 0 atom stereocenters. The van der Waals surface area contributed by atoms with Gasteiger partial charge in [0, 0.05) is 6.08 Å². The highest BCUT2D eigenvalue weighted by molar-refractivity contribution is 5.40. The molecule has 0 unspecified atom stereocenters. The minimum Gasteiger partial charge on any atom is -1.00 e. The van der Waals surface area contributed by atoms with Gasteiger partial charge in [-0.05, 0) is 12.5 Å². The molecule has 1 aliphatic rings. The van der Waals surface area contributed by atoms with E-state index in [2.05, 4.69) is 23.7 Å². The lowest BCUT2D eigenvalue weighted by atomic mass is 10.0. The third kappa shape index (κ3) is 18.4. The van der Waals surface area contributed by atoms with Crippen LogP contribution in [0.1, 0.15) is 110 Å². The van der Waals surface area contributed by atoms with Gasteiger partial charge in [-0.3, -0.25) is 0 Å². The number of allylic oxidation sites excluding steroid dienone is 2. The van der Waals surface area contributed by atoms with E-state index in [1.165, 1.54) is 103 Å². The number of unbranched alkanes of at least 4 members (excludes halogenated alkanes) is 15. The van der Waals surface area contributed by atoms with Gasteiger partial charge in [-0.2, -0.15) is 4.58 Å². The Labute approximate surface area is 175 Å². The molecule has 27 heavy (non-hydrogen) atoms. The van der Waals surface area contributed by atoms with Gasteiger partial charge in [0.15, 0.2) is 12.7 Å². The van der Waals surface area contributed by atoms with Crippen LogP contribution in [0.5, 0.6) is 0 Å². The molecule has 0 fully saturated rings. The lowest BCUT2D eigenvalue weighted by Gasteiger charge is -2.03. The van der Waals surface area contributed by atoms with E-state index in [1.807, 2.05) is 18.7 Å². The van der Waals surface area contributed by atoms with E-state index in [0.717, 1.165) is 13.2 Å². The third-order valence-electron chi connectivity index (χ3n) is 5.17. The Hall–Kier alpha value is -0.760. The fourth-order valence-electron chi connectivity index (χ4n) is 3.44. The lowest BCUT2D eigenvalue weighted by molar-refractivity contribution is -0.450. The van der Waals surface area contributed by atoms with Crippen molar-refractivity contribution in [1.29, 1.82) is 0 Å². The summed E-state index contributed by atoms with van der Waals surface area (Å²) in [6, 6.07) is 0. The molecule has 1 aliphatic heterocycles. The first-order valence-corrected chi connectivity index (χ1v) is 11.5. The first kappa shape index (κ1) is 26.2. The van der Waals surface area contributed by atoms with Gasteiger partial charge in [0.25, 0.3) is 0 Å². The summed E-state index contributed by atoms with van der Waals surface area (Å²) in [6.45, 7) is 4.07. The number of hydrogen-bond acceptors (Lipinski definition) is 1. The third-order valence-corrected chi connectivity index (χ3v) is 5.17. The van der Waals surface area contributed by atoms with Crippen LogP contribution in [-0.4, -0.2) is 24.1 Å². The second kappa shape index (κ2) is 21.5. The predicted molar refractivity (Wildman–Crippen MR) is 115 cm³/mol. The molecule has 0 spiro atoms. The van der Waals surface area contributed by atoms with Crippen LogP contribution in [0.25, 0.3) is 0 Å². The molecule has 0 N–H and O–H groups in total. The van der Waals surface area contributed by atoms with Crippen molar-refractivity contribution in [3.05, 3.63) is 24.4 Å². The Morgan fingerprint density at radius 1 is 0.704 bits per heavy atom. The highest BCUT2D eigenvalue weighted by atomic mass is 35.5. The van der Waals surface area contributed by atoms with Crippen LogP contribution in [-0.2, 0) is 4.74 Å². The normalized spacial score (nSPS) is 14.5. The van der Waals surface area contributed by atoms with Crippen molar-refractivity contribution in [1.82, 2.24) is 0 Å². The summed E-state index contributed by atoms with van der Waals surface area (Å²) < 4.78 is 7.68. The molecule has 1 heterocycles. The number of nitrogens with zero attached hydrogens (tertiary/aromatic N) is 1. The molecule has 1 rings (SSSR count). The molecule has 0 aliphatic carbocycles. The van der Waals surface area contributed by atoms with Crippen molar-refractivity contribution in [3.8, 4) is 0 Å². The van der Waals surface area contributed by atoms with Crippen molar-refractivity contribution in [3.63, 3.8) is 0 Å². The van der Waals surface area contributed by atoms with E-state index >= 15 is 0 Å². The zero-order chi connectivity index (χ0) is 18.5. The molecule has 2 nitrogen and oxygen atoms in total. The van der Waals surface area contributed by atoms with Gasteiger partial charge in [-0.25, -0.2) is 0 Å². The number of hydrogen-bond donors (Lipinski definition) is 0. The molecule has 158 valence electrons. The molecule has 0 saturated carbocycles. The molecule has 0 bridgehead atoms. The lowest BCUT2D eigenvalue weighted by Crippen LogP contribution is -3.00. The topological polar surface area (TPSA) is 12.2 Å². The molecule has 0 saturated heterocycles. The molecular formula is C24H44ClNO. The van der Waals surface area contributed by atoms with E-state index in [9.17, 15) is 0 Å². The first-order chi connectivity index (χ1) is 12.9. The van der Waals surface area contributed by atoms with Crippen LogP contribution in [0, 0.1) is 0 Å². The van der Waals surface area contributed by atoms with Gasteiger partial charge < -0.3 is 17.1 Å². The van der Waals surface area contributed by atoms with Gasteiger partial charge in [-0.15, -0.1) is 0 Å². The molecule has 0 aromatic rings. The minimum absolute atomic E-state index is 0. The van der Waals surface area contributed by atoms with Crippen molar-refractivity contribution in [2.75, 3.05) is 13.2 Å². The van der Waals surface area contributed by atoms with Crippen molar-refractivity contribution in [2.45, 2.75) is 110 Å². The average molecular weight is 398 g/mol. The van der Waals surface area contributed by atoms with E-state index in [1.54, 1.807) is 0 Å². The smallest absolute Gasteiger partial charge is 0.329 e. The summed E-state index contributed by atoms with van der Waals surface area (Å²) in [6.07, 6.45) is 32.7. The minimum atomic E-state index is 0. The summed E-state index contributed by atoms with van der Waals surface area (Å²) in [4.78, 5) is 0. The highest BCUT2D eigenvalue weighted by Gasteiger charge is 1.99. The van der Waals surface area contributed by atoms with Crippen LogP contribution >= 0.6 is 0 Å². The van der Waals surface area contributed by atoms with Gasteiger partial charge in [0.1, 0.15) is 0 Å². The molecule has 0 amide bonds. The maximum atomic E-state index is 5.61. The van der Waals surface area contributed by atoms with E-state index < -0.39 is 0 Å². The SMILES string of the molecule is CCCCCCCCCCCCCCCCCCOC=[N+]1C=CC=CC1.[Cl-]. The van der Waals surface area contributed by atoms with Crippen LogP contribution in [0.4, 0.5) is 0 Å². The van der Waals surface area contributed by atoms with Gasteiger partial charge >= 0.3 is 6.40 Å². The number of ether oxygens (including phenoxy) is 1. The highest BCUT2D eigenvalue weighted by Crippen LogP contribution is 2.13. The van der Waals surface area contributed by atoms with Crippen LogP contribution < -0.4 is 12.4 Å². The number of halogens is 1. The fourth-order valence-corrected chi connectivity index (χ4v) is 3.44. The maximum absolute atomic E-state index is 5.61. The van der Waals surface area contributed by atoms with Crippen LogP contribution in [0.2, 0.25) is 0 Å². The summed E-state index contributed by atoms with van der Waals surface area (Å²) >= 11 is 0. The van der Waals surface area contributed by atoms with E-state index in [4.69, 9.17) is 4.74 Å². The van der Waals surface area contributed by atoms with Crippen molar-refractivity contribution >= 4 is 6.40 Å². The Morgan fingerprint density at radius 3 is 1.63 bits per heavy atom. The Balaban J connectivity index is 0.00000676. The fraction of sp³-hybridized carbons (Fsp3) is 0.792. The molecule has 0 aromatic carbocycles. The number of rotatable bonds is 18. The van der Waals surface area contributed by atoms with Crippen molar-refractivity contribution < 1.29 is 21.7 Å². The predicted octanol–water partition coefficient (Wildman–Crippen LogP) is 4.39. The van der Waals surface area contributed by atoms with Crippen LogP contribution in [0.3, 0.4) is 0 Å². The van der Waals surface area contributed by atoms with Crippen molar-refractivity contribution in [2.24, 2.45) is 0 Å². The Bertz CT molecular complexity index is 390. The standard InChI is InChI=1S/C24H44NO.ClH/c1-2-3-4-5-6-7-8-9-10-11-12-13-14-15-16-20-23-26-24-25-21-18-17-19-22-25;/h17-19,21,24H,2-16,20,22-23H2,1H3;1H/q+1;/p-1. The molecular weight excluding hydrogens is 354 g/mol. The molecule has 0 aromatic heterocycles. The summed E-state index contributed by atoms with van der Waals surface area (Å²) in [7, 11) is 0. The second-order valence-corrected chi connectivity index (χ2v) is 7.75. The quantitative estimate of drug-likeness (QED) is 0.190.